The Morgan fingerprint density at radius 3 is 3.00 bits per heavy atom. The summed E-state index contributed by atoms with van der Waals surface area (Å²) in [6.07, 6.45) is 5.49. The molecule has 1 rings (SSSR count). The summed E-state index contributed by atoms with van der Waals surface area (Å²) in [5, 5.41) is 0. The highest BCUT2D eigenvalue weighted by molar-refractivity contribution is 5.93. The van der Waals surface area contributed by atoms with Gasteiger partial charge in [0, 0.05) is 24.5 Å². The molecule has 0 amide bonds. The minimum atomic E-state index is 0.104. The van der Waals surface area contributed by atoms with E-state index in [2.05, 4.69) is 6.58 Å². The highest BCUT2D eigenvalue weighted by Gasteiger charge is 1.99. The van der Waals surface area contributed by atoms with Crippen molar-refractivity contribution in [2.45, 2.75) is 13.5 Å². The fourth-order valence-corrected chi connectivity index (χ4v) is 0.912. The molecule has 0 saturated heterocycles. The molecular weight excluding hydrogens is 138 g/mol. The maximum absolute atomic E-state index is 10.8. The molecule has 0 saturated carbocycles. The first-order valence-corrected chi connectivity index (χ1v) is 3.51. The van der Waals surface area contributed by atoms with Crippen LogP contribution < -0.4 is 0 Å². The number of hydrogen-bond acceptors (Lipinski definition) is 1. The Morgan fingerprint density at radius 2 is 2.55 bits per heavy atom. The van der Waals surface area contributed by atoms with Crippen molar-refractivity contribution >= 4 is 5.78 Å². The zero-order valence-corrected chi connectivity index (χ0v) is 6.58. The van der Waals surface area contributed by atoms with Crippen LogP contribution in [0.25, 0.3) is 0 Å². The molecular formula is C9H11NO. The van der Waals surface area contributed by atoms with Crippen LogP contribution in [0.1, 0.15) is 17.3 Å². The predicted molar refractivity (Wildman–Crippen MR) is 44.6 cm³/mol. The van der Waals surface area contributed by atoms with E-state index in [0.717, 1.165) is 12.1 Å². The monoisotopic (exact) mass is 149 g/mol. The van der Waals surface area contributed by atoms with E-state index in [1.165, 1.54) is 0 Å². The second kappa shape index (κ2) is 3.19. The summed E-state index contributed by atoms with van der Waals surface area (Å²) in [7, 11) is 0. The Bertz CT molecular complexity index is 273. The summed E-state index contributed by atoms with van der Waals surface area (Å²) < 4.78 is 1.92. The van der Waals surface area contributed by atoms with Gasteiger partial charge < -0.3 is 4.57 Å². The van der Waals surface area contributed by atoms with Crippen LogP contribution in [0.3, 0.4) is 0 Å². The summed E-state index contributed by atoms with van der Waals surface area (Å²) >= 11 is 0. The summed E-state index contributed by atoms with van der Waals surface area (Å²) in [5.74, 6) is 0.104. The average Bonchev–Trinajstić information content (AvgIpc) is 2.37. The van der Waals surface area contributed by atoms with Crippen molar-refractivity contribution in [2.24, 2.45) is 0 Å². The number of carbonyl (C=O) groups is 1. The van der Waals surface area contributed by atoms with Crippen LogP contribution >= 0.6 is 0 Å². The van der Waals surface area contributed by atoms with Crippen molar-refractivity contribution in [3.05, 3.63) is 36.7 Å². The molecule has 0 atom stereocenters. The number of carbonyl (C=O) groups excluding carboxylic acids is 1. The first kappa shape index (κ1) is 7.79. The van der Waals surface area contributed by atoms with E-state index in [1.807, 2.05) is 23.0 Å². The van der Waals surface area contributed by atoms with Crippen LogP contribution in [0.15, 0.2) is 31.1 Å². The highest BCUT2D eigenvalue weighted by atomic mass is 16.1. The normalized spacial score (nSPS) is 9.55. The Kier molecular flexibility index (Phi) is 2.26. The molecule has 11 heavy (non-hydrogen) atoms. The fraction of sp³-hybridized carbons (Fsp3) is 0.222. The van der Waals surface area contributed by atoms with Crippen molar-refractivity contribution in [2.75, 3.05) is 0 Å². The standard InChI is InChI=1S/C9H11NO/c1-3-5-10-6-4-9(7-10)8(2)11/h3-4,6-7H,1,5H2,2H3. The summed E-state index contributed by atoms with van der Waals surface area (Å²) in [5.41, 5.74) is 0.756. The zero-order chi connectivity index (χ0) is 8.27. The third-order valence-electron chi connectivity index (χ3n) is 1.50. The SMILES string of the molecule is C=CCn1ccc(C(C)=O)c1. The topological polar surface area (TPSA) is 22.0 Å². The molecule has 0 aliphatic rings. The molecule has 1 heterocycles. The van der Waals surface area contributed by atoms with Gasteiger partial charge in [-0.05, 0) is 13.0 Å². The van der Waals surface area contributed by atoms with Crippen molar-refractivity contribution in [1.82, 2.24) is 4.57 Å². The first-order chi connectivity index (χ1) is 5.24. The summed E-state index contributed by atoms with van der Waals surface area (Å²) in [6, 6.07) is 1.81. The van der Waals surface area contributed by atoms with Gasteiger partial charge in [-0.2, -0.15) is 0 Å². The number of allylic oxidation sites excluding steroid dienone is 1. The number of aromatic nitrogens is 1. The van der Waals surface area contributed by atoms with Crippen molar-refractivity contribution in [3.8, 4) is 0 Å². The predicted octanol–water partition coefficient (Wildman–Crippen LogP) is 1.88. The van der Waals surface area contributed by atoms with Gasteiger partial charge in [-0.25, -0.2) is 0 Å². The molecule has 2 nitrogen and oxygen atoms in total. The Balaban J connectivity index is 2.81. The van der Waals surface area contributed by atoms with Crippen LogP contribution in [0.4, 0.5) is 0 Å². The molecule has 0 aliphatic heterocycles. The van der Waals surface area contributed by atoms with Crippen molar-refractivity contribution in [1.29, 1.82) is 0 Å². The highest BCUT2D eigenvalue weighted by Crippen LogP contribution is 2.01. The molecule has 1 aromatic rings. The maximum atomic E-state index is 10.8. The Labute approximate surface area is 66.1 Å². The van der Waals surface area contributed by atoms with Gasteiger partial charge in [0.1, 0.15) is 0 Å². The molecule has 2 heteroatoms. The Hall–Kier alpha value is -1.31. The molecule has 0 spiro atoms. The van der Waals surface area contributed by atoms with E-state index in [-0.39, 0.29) is 5.78 Å². The third-order valence-corrected chi connectivity index (χ3v) is 1.50. The van der Waals surface area contributed by atoms with E-state index in [0.29, 0.717) is 0 Å². The van der Waals surface area contributed by atoms with Crippen molar-refractivity contribution in [3.63, 3.8) is 0 Å². The molecule has 0 unspecified atom stereocenters. The number of rotatable bonds is 3. The lowest BCUT2D eigenvalue weighted by Crippen LogP contribution is -1.91. The van der Waals surface area contributed by atoms with Crippen LogP contribution in [0, 0.1) is 0 Å². The quantitative estimate of drug-likeness (QED) is 0.475. The van der Waals surface area contributed by atoms with Gasteiger partial charge in [0.05, 0.1) is 0 Å². The number of Topliss-reactive ketones (excluding diaryl/α,β-unsaturated/α-hetero) is 1. The van der Waals surface area contributed by atoms with Gasteiger partial charge in [0.2, 0.25) is 0 Å². The maximum Gasteiger partial charge on any atom is 0.161 e. The smallest absolute Gasteiger partial charge is 0.161 e. The first-order valence-electron chi connectivity index (χ1n) is 3.51. The van der Waals surface area contributed by atoms with E-state index < -0.39 is 0 Å². The van der Waals surface area contributed by atoms with Crippen LogP contribution in [-0.2, 0) is 6.54 Å². The van der Waals surface area contributed by atoms with E-state index in [4.69, 9.17) is 0 Å². The molecule has 0 radical (unpaired) electrons. The van der Waals surface area contributed by atoms with Gasteiger partial charge in [0.25, 0.3) is 0 Å². The minimum Gasteiger partial charge on any atom is -0.350 e. The lowest BCUT2D eigenvalue weighted by atomic mass is 10.2. The largest absolute Gasteiger partial charge is 0.350 e. The van der Waals surface area contributed by atoms with Crippen molar-refractivity contribution < 1.29 is 4.79 Å². The molecule has 0 bridgehead atoms. The van der Waals surface area contributed by atoms with Crippen LogP contribution in [0.5, 0.6) is 0 Å². The van der Waals surface area contributed by atoms with E-state index in [1.54, 1.807) is 13.0 Å². The fourth-order valence-electron chi connectivity index (χ4n) is 0.912. The van der Waals surface area contributed by atoms with Gasteiger partial charge in [-0.3, -0.25) is 4.79 Å². The van der Waals surface area contributed by atoms with Gasteiger partial charge in [0.15, 0.2) is 5.78 Å². The Morgan fingerprint density at radius 1 is 1.82 bits per heavy atom. The van der Waals surface area contributed by atoms with E-state index in [9.17, 15) is 4.79 Å². The van der Waals surface area contributed by atoms with E-state index >= 15 is 0 Å². The van der Waals surface area contributed by atoms with Gasteiger partial charge in [-0.1, -0.05) is 6.08 Å². The molecule has 0 aliphatic carbocycles. The van der Waals surface area contributed by atoms with Crippen LogP contribution in [-0.4, -0.2) is 10.4 Å². The molecule has 1 aromatic heterocycles. The molecule has 0 fully saturated rings. The summed E-state index contributed by atoms with van der Waals surface area (Å²) in [6.45, 7) is 5.92. The second-order valence-electron chi connectivity index (χ2n) is 2.44. The van der Waals surface area contributed by atoms with Gasteiger partial charge >= 0.3 is 0 Å². The van der Waals surface area contributed by atoms with Gasteiger partial charge in [-0.15, -0.1) is 6.58 Å². The number of ketones is 1. The molecule has 0 N–H and O–H groups in total. The lowest BCUT2D eigenvalue weighted by Gasteiger charge is -1.93. The number of nitrogens with zero attached hydrogens (tertiary/aromatic N) is 1. The zero-order valence-electron chi connectivity index (χ0n) is 6.58. The lowest BCUT2D eigenvalue weighted by molar-refractivity contribution is 0.101. The molecule has 0 aromatic carbocycles. The van der Waals surface area contributed by atoms with Crippen LogP contribution in [0.2, 0.25) is 0 Å². The average molecular weight is 149 g/mol. The minimum absolute atomic E-state index is 0.104. The molecule has 58 valence electrons. The second-order valence-corrected chi connectivity index (χ2v) is 2.44. The number of hydrogen-bond donors (Lipinski definition) is 0. The third kappa shape index (κ3) is 1.80. The summed E-state index contributed by atoms with van der Waals surface area (Å²) in [4.78, 5) is 10.8.